The van der Waals surface area contributed by atoms with Crippen molar-refractivity contribution in [3.8, 4) is 11.3 Å². The van der Waals surface area contributed by atoms with Crippen LogP contribution in [0.5, 0.6) is 0 Å². The molecule has 0 radical (unpaired) electrons. The van der Waals surface area contributed by atoms with E-state index >= 15 is 0 Å². The third kappa shape index (κ3) is 5.39. The van der Waals surface area contributed by atoms with Gasteiger partial charge in [0.2, 0.25) is 0 Å². The summed E-state index contributed by atoms with van der Waals surface area (Å²) in [7, 11) is -4.13. The number of para-hydroxylation sites is 1. The van der Waals surface area contributed by atoms with Crippen LogP contribution in [-0.2, 0) is 23.0 Å². The second kappa shape index (κ2) is 10.2. The first kappa shape index (κ1) is 27.5. The fourth-order valence-corrected chi connectivity index (χ4v) is 5.72. The molecule has 1 aliphatic rings. The number of anilines is 1. The second-order valence-electron chi connectivity index (χ2n) is 9.15. The zero-order valence-corrected chi connectivity index (χ0v) is 23.4. The molecule has 4 aromatic rings. The van der Waals surface area contributed by atoms with Crippen LogP contribution in [0.4, 0.5) is 18.9 Å². The fourth-order valence-electron chi connectivity index (χ4n) is 4.25. The Labute approximate surface area is 234 Å². The quantitative estimate of drug-likeness (QED) is 0.233. The molecule has 0 saturated heterocycles. The molecule has 1 aliphatic carbocycles. The highest BCUT2D eigenvalue weighted by Crippen LogP contribution is 2.42. The summed E-state index contributed by atoms with van der Waals surface area (Å²) < 4.78 is 72.3. The Kier molecular flexibility index (Phi) is 7.18. The Bertz CT molecular complexity index is 1700. The summed E-state index contributed by atoms with van der Waals surface area (Å²) in [5.74, 6) is 0.996. The lowest BCUT2D eigenvalue weighted by molar-refractivity contribution is -0.0429. The molecule has 206 valence electrons. The molecule has 2 heterocycles. The lowest BCUT2D eigenvalue weighted by atomic mass is 10.1. The zero-order valence-electron chi connectivity index (χ0n) is 20.3. The number of furan rings is 1. The number of fused-ring (bicyclic) bond motifs is 1. The number of imidazole rings is 1. The van der Waals surface area contributed by atoms with E-state index in [4.69, 9.17) is 16.0 Å². The first-order valence-corrected chi connectivity index (χ1v) is 14.4. The van der Waals surface area contributed by atoms with Gasteiger partial charge in [0.05, 0.1) is 10.2 Å². The van der Waals surface area contributed by atoms with Crippen LogP contribution in [0.2, 0.25) is 5.15 Å². The third-order valence-electron chi connectivity index (χ3n) is 6.37. The minimum Gasteiger partial charge on any atom is -0.455 e. The number of halogens is 5. The van der Waals surface area contributed by atoms with E-state index in [-0.39, 0.29) is 40.3 Å². The predicted octanol–water partition coefficient (Wildman–Crippen LogP) is 6.33. The van der Waals surface area contributed by atoms with Crippen molar-refractivity contribution in [2.45, 2.75) is 31.3 Å². The number of hydrogen-bond acceptors (Lipinski definition) is 5. The van der Waals surface area contributed by atoms with E-state index in [1.807, 2.05) is 6.07 Å². The molecule has 0 unspecified atom stereocenters. The largest absolute Gasteiger partial charge is 0.516 e. The summed E-state index contributed by atoms with van der Waals surface area (Å²) in [6, 6.07) is 10.9. The van der Waals surface area contributed by atoms with Crippen LogP contribution in [0.1, 0.15) is 34.7 Å². The van der Waals surface area contributed by atoms with Crippen molar-refractivity contribution in [2.24, 2.45) is 5.92 Å². The Morgan fingerprint density at radius 2 is 1.95 bits per heavy atom. The van der Waals surface area contributed by atoms with E-state index in [9.17, 15) is 26.4 Å². The number of benzene rings is 2. The van der Waals surface area contributed by atoms with E-state index in [1.165, 1.54) is 25.2 Å². The number of alkyl halides is 3. The maximum atomic E-state index is 13.0. The molecule has 0 spiro atoms. The molecule has 0 bridgehead atoms. The van der Waals surface area contributed by atoms with Gasteiger partial charge in [-0.2, -0.15) is 21.6 Å². The van der Waals surface area contributed by atoms with Crippen molar-refractivity contribution in [3.63, 3.8) is 0 Å². The minimum atomic E-state index is -5.64. The van der Waals surface area contributed by atoms with Gasteiger partial charge in [-0.05, 0) is 64.5 Å². The predicted molar refractivity (Wildman–Crippen MR) is 144 cm³/mol. The van der Waals surface area contributed by atoms with Crippen molar-refractivity contribution in [1.29, 1.82) is 0 Å². The second-order valence-corrected chi connectivity index (χ2v) is 12.0. The molecule has 1 saturated carbocycles. The van der Waals surface area contributed by atoms with E-state index in [2.05, 4.69) is 26.2 Å². The number of carbonyl (C=O) groups excluding carboxylic acids is 1. The molecule has 2 N–H and O–H groups in total. The summed E-state index contributed by atoms with van der Waals surface area (Å²) >= 11 is 9.81. The van der Waals surface area contributed by atoms with Crippen LogP contribution in [0.25, 0.3) is 22.3 Å². The lowest BCUT2D eigenvalue weighted by Crippen LogP contribution is -2.30. The van der Waals surface area contributed by atoms with Gasteiger partial charge in [0, 0.05) is 31.0 Å². The molecule has 2 aromatic heterocycles. The van der Waals surface area contributed by atoms with E-state index in [0.29, 0.717) is 33.6 Å². The average molecular weight is 646 g/mol. The van der Waals surface area contributed by atoms with Crippen molar-refractivity contribution < 1.29 is 30.8 Å². The summed E-state index contributed by atoms with van der Waals surface area (Å²) in [6.45, 7) is 0.287. The summed E-state index contributed by atoms with van der Waals surface area (Å²) in [5.41, 5.74) is -4.19. The molecule has 5 rings (SSSR count). The molecule has 1 fully saturated rings. The number of nitrogens with zero attached hydrogens (tertiary/aromatic N) is 2. The topological polar surface area (TPSA) is 106 Å². The maximum Gasteiger partial charge on any atom is 0.516 e. The van der Waals surface area contributed by atoms with Gasteiger partial charge in [-0.15, -0.1) is 0 Å². The first-order valence-electron chi connectivity index (χ1n) is 11.8. The molecule has 1 amide bonds. The van der Waals surface area contributed by atoms with Gasteiger partial charge in [0.15, 0.2) is 10.9 Å². The van der Waals surface area contributed by atoms with E-state index < -0.39 is 15.5 Å². The third-order valence-corrected chi connectivity index (χ3v) is 8.52. The van der Waals surface area contributed by atoms with Gasteiger partial charge >= 0.3 is 15.5 Å². The lowest BCUT2D eigenvalue weighted by Gasteiger charge is -2.13. The Morgan fingerprint density at radius 1 is 1.23 bits per heavy atom. The Hall–Kier alpha value is -3.03. The normalized spacial score (nSPS) is 14.1. The van der Waals surface area contributed by atoms with Crippen LogP contribution in [0.15, 0.2) is 51.4 Å². The van der Waals surface area contributed by atoms with Gasteiger partial charge < -0.3 is 14.3 Å². The molecule has 0 aliphatic heterocycles. The van der Waals surface area contributed by atoms with Crippen LogP contribution in [0, 0.1) is 5.92 Å². The number of nitrogens with one attached hydrogen (secondary N) is 2. The van der Waals surface area contributed by atoms with Crippen LogP contribution in [0.3, 0.4) is 0 Å². The van der Waals surface area contributed by atoms with Gasteiger partial charge in [-0.3, -0.25) is 9.52 Å². The number of sulfonamides is 1. The number of amides is 1. The Balaban J connectivity index is 1.53. The summed E-state index contributed by atoms with van der Waals surface area (Å²) in [5, 5.41) is 3.32. The number of rotatable bonds is 8. The molecule has 2 aromatic carbocycles. The van der Waals surface area contributed by atoms with Crippen LogP contribution >= 0.6 is 27.5 Å². The van der Waals surface area contributed by atoms with Crippen LogP contribution in [-0.4, -0.2) is 36.4 Å². The van der Waals surface area contributed by atoms with E-state index in [0.717, 1.165) is 18.4 Å². The smallest absolute Gasteiger partial charge is 0.455 e. The van der Waals surface area contributed by atoms with Gasteiger partial charge in [-0.25, -0.2) is 4.98 Å². The van der Waals surface area contributed by atoms with E-state index in [1.54, 1.807) is 27.5 Å². The zero-order chi connectivity index (χ0) is 28.1. The van der Waals surface area contributed by atoms with Gasteiger partial charge in [0.1, 0.15) is 17.1 Å². The molecule has 14 heteroatoms. The van der Waals surface area contributed by atoms with Crippen molar-refractivity contribution in [3.05, 3.63) is 69.2 Å². The molecular weight excluding hydrogens is 625 g/mol. The number of carbonyl (C=O) groups is 1. The fraction of sp³-hybridized carbons (Fsp3) is 0.280. The van der Waals surface area contributed by atoms with Crippen molar-refractivity contribution in [2.75, 3.05) is 11.8 Å². The monoisotopic (exact) mass is 644 g/mol. The SMILES string of the molecule is CNC(=O)c1c(Cl)nc(CC2CC2)n1Cc1ccc2oc(-c3ccccc3NS(=O)(=O)C(F)(F)F)c(Br)c2c1. The van der Waals surface area contributed by atoms with Gasteiger partial charge in [-0.1, -0.05) is 29.8 Å². The number of aromatic nitrogens is 2. The summed E-state index contributed by atoms with van der Waals surface area (Å²) in [6.07, 6.45) is 2.89. The van der Waals surface area contributed by atoms with Crippen molar-refractivity contribution >= 4 is 60.1 Å². The maximum absolute atomic E-state index is 13.0. The molecular formula is C25H21BrClF3N4O4S. The highest BCUT2D eigenvalue weighted by atomic mass is 79.9. The Morgan fingerprint density at radius 3 is 2.62 bits per heavy atom. The molecule has 39 heavy (non-hydrogen) atoms. The van der Waals surface area contributed by atoms with Crippen LogP contribution < -0.4 is 10.0 Å². The van der Waals surface area contributed by atoms with Gasteiger partial charge in [0.25, 0.3) is 5.91 Å². The highest BCUT2D eigenvalue weighted by Gasteiger charge is 2.46. The average Bonchev–Trinajstić information content (AvgIpc) is 3.57. The number of hydrogen-bond donors (Lipinski definition) is 2. The molecule has 8 nitrogen and oxygen atoms in total. The summed E-state index contributed by atoms with van der Waals surface area (Å²) in [4.78, 5) is 17.0. The highest BCUT2D eigenvalue weighted by molar-refractivity contribution is 9.10. The minimum absolute atomic E-state index is 0.116. The standard InChI is InChI=1S/C25H21BrClF3N4O4S/c1-31-24(35)21-23(27)32-19(11-13-6-7-13)34(21)12-14-8-9-18-16(10-14)20(26)22(38-18)15-4-2-3-5-17(15)33-39(36,37)25(28,29)30/h2-5,8-10,13,33H,6-7,11-12H2,1H3,(H,31,35). The van der Waals surface area contributed by atoms with Crippen molar-refractivity contribution in [1.82, 2.24) is 14.9 Å². The first-order chi connectivity index (χ1) is 18.4. The molecule has 0 atom stereocenters.